The van der Waals surface area contributed by atoms with Gasteiger partial charge in [0.05, 0.1) is 31.3 Å². The molecule has 2 aliphatic rings. The van der Waals surface area contributed by atoms with Gasteiger partial charge in [0.2, 0.25) is 11.8 Å². The van der Waals surface area contributed by atoms with Gasteiger partial charge in [0, 0.05) is 18.5 Å². The molecule has 1 heterocycles. The van der Waals surface area contributed by atoms with Gasteiger partial charge in [-0.15, -0.1) is 0 Å². The Kier molecular flexibility index (Phi) is 8.53. The second-order valence-electron chi connectivity index (χ2n) is 11.0. The number of nitrogens with two attached hydrogens (primary N) is 1. The van der Waals surface area contributed by atoms with Gasteiger partial charge in [0.1, 0.15) is 6.04 Å². The molecule has 1 aliphatic carbocycles. The van der Waals surface area contributed by atoms with E-state index in [4.69, 9.17) is 15.2 Å². The van der Waals surface area contributed by atoms with Gasteiger partial charge in [-0.2, -0.15) is 0 Å². The molecule has 0 aromatic heterocycles. The van der Waals surface area contributed by atoms with Crippen LogP contribution in [0.2, 0.25) is 0 Å². The summed E-state index contributed by atoms with van der Waals surface area (Å²) in [6.07, 6.45) is 2.16. The van der Waals surface area contributed by atoms with E-state index in [1.807, 2.05) is 55.5 Å². The number of esters is 1. The van der Waals surface area contributed by atoms with Gasteiger partial charge < -0.3 is 25.4 Å². The zero-order chi connectivity index (χ0) is 27.3. The van der Waals surface area contributed by atoms with E-state index in [2.05, 4.69) is 11.4 Å². The summed E-state index contributed by atoms with van der Waals surface area (Å²) in [4.78, 5) is 40.8. The van der Waals surface area contributed by atoms with Crippen LogP contribution in [0.3, 0.4) is 0 Å². The van der Waals surface area contributed by atoms with E-state index in [9.17, 15) is 14.4 Å². The van der Waals surface area contributed by atoms with Crippen LogP contribution in [0.25, 0.3) is 0 Å². The zero-order valence-corrected chi connectivity index (χ0v) is 22.6. The smallest absolute Gasteiger partial charge is 0.313 e. The minimum Gasteiger partial charge on any atom is -0.466 e. The molecule has 1 saturated heterocycles. The van der Waals surface area contributed by atoms with Crippen LogP contribution in [-0.4, -0.2) is 60.6 Å². The van der Waals surface area contributed by atoms with E-state index in [1.165, 1.54) is 5.56 Å². The first-order valence-electron chi connectivity index (χ1n) is 13.4. The molecule has 1 aliphatic heterocycles. The van der Waals surface area contributed by atoms with Crippen molar-refractivity contribution in [1.29, 1.82) is 0 Å². The van der Waals surface area contributed by atoms with Crippen molar-refractivity contribution in [2.75, 3.05) is 26.3 Å². The van der Waals surface area contributed by atoms with E-state index in [0.29, 0.717) is 32.7 Å². The summed E-state index contributed by atoms with van der Waals surface area (Å²) in [5.41, 5.74) is 7.90. The van der Waals surface area contributed by atoms with Crippen molar-refractivity contribution in [2.45, 2.75) is 69.6 Å². The molecule has 8 nitrogen and oxygen atoms in total. The molecular formula is C30H39N3O5. The minimum atomic E-state index is -1.13. The highest BCUT2D eigenvalue weighted by molar-refractivity contribution is 5.91. The highest BCUT2D eigenvalue weighted by Crippen LogP contribution is 2.52. The Labute approximate surface area is 224 Å². The molecule has 4 rings (SSSR count). The second-order valence-corrected chi connectivity index (χ2v) is 11.0. The number of benzene rings is 2. The second kappa shape index (κ2) is 11.7. The van der Waals surface area contributed by atoms with Crippen LogP contribution in [0, 0.1) is 0 Å². The van der Waals surface area contributed by atoms with Crippen LogP contribution >= 0.6 is 0 Å². The molecule has 2 atom stereocenters. The van der Waals surface area contributed by atoms with Crippen molar-refractivity contribution >= 4 is 17.8 Å². The van der Waals surface area contributed by atoms with Gasteiger partial charge in [-0.1, -0.05) is 54.6 Å². The fourth-order valence-electron chi connectivity index (χ4n) is 5.58. The fourth-order valence-corrected chi connectivity index (χ4v) is 5.58. The van der Waals surface area contributed by atoms with Gasteiger partial charge >= 0.3 is 5.97 Å². The van der Waals surface area contributed by atoms with Gasteiger partial charge in [0.15, 0.2) is 0 Å². The summed E-state index contributed by atoms with van der Waals surface area (Å²) in [5, 5.41) is 2.81. The van der Waals surface area contributed by atoms with Crippen molar-refractivity contribution in [3.63, 3.8) is 0 Å². The number of carbonyl (C=O) groups excluding carboxylic acids is 3. The van der Waals surface area contributed by atoms with E-state index in [1.54, 1.807) is 18.7 Å². The van der Waals surface area contributed by atoms with Gasteiger partial charge in [-0.25, -0.2) is 0 Å². The molecule has 204 valence electrons. The van der Waals surface area contributed by atoms with Crippen LogP contribution in [0.15, 0.2) is 54.6 Å². The normalized spacial score (nSPS) is 19.1. The summed E-state index contributed by atoms with van der Waals surface area (Å²) in [6.45, 7) is 6.83. The Morgan fingerprint density at radius 1 is 1.08 bits per heavy atom. The van der Waals surface area contributed by atoms with Crippen LogP contribution in [0.5, 0.6) is 0 Å². The number of nitrogens with one attached hydrogen (secondary N) is 1. The maximum absolute atomic E-state index is 13.6. The van der Waals surface area contributed by atoms with E-state index in [-0.39, 0.29) is 29.8 Å². The van der Waals surface area contributed by atoms with Crippen molar-refractivity contribution in [3.05, 3.63) is 71.3 Å². The molecular weight excluding hydrogens is 482 g/mol. The number of amides is 2. The van der Waals surface area contributed by atoms with Crippen LogP contribution < -0.4 is 11.1 Å². The fraction of sp³-hybridized carbons (Fsp3) is 0.500. The van der Waals surface area contributed by atoms with Crippen LogP contribution in [0.1, 0.15) is 62.6 Å². The molecule has 3 N–H and O–H groups in total. The molecule has 2 unspecified atom stereocenters. The van der Waals surface area contributed by atoms with Gasteiger partial charge in [0.25, 0.3) is 0 Å². The third-order valence-corrected chi connectivity index (χ3v) is 7.69. The Bertz CT molecular complexity index is 1140. The van der Waals surface area contributed by atoms with Crippen molar-refractivity contribution < 1.29 is 23.9 Å². The summed E-state index contributed by atoms with van der Waals surface area (Å²) < 4.78 is 11.2. The molecule has 2 aromatic rings. The predicted molar refractivity (Wildman–Crippen MR) is 144 cm³/mol. The third-order valence-electron chi connectivity index (χ3n) is 7.69. The van der Waals surface area contributed by atoms with Crippen molar-refractivity contribution in [3.8, 4) is 0 Å². The first-order valence-corrected chi connectivity index (χ1v) is 13.4. The van der Waals surface area contributed by atoms with Gasteiger partial charge in [-0.3, -0.25) is 14.4 Å². The molecule has 2 amide bonds. The zero-order valence-electron chi connectivity index (χ0n) is 22.6. The number of carbonyl (C=O) groups is 3. The van der Waals surface area contributed by atoms with Crippen molar-refractivity contribution in [1.82, 2.24) is 10.2 Å². The lowest BCUT2D eigenvalue weighted by Gasteiger charge is -2.41. The lowest BCUT2D eigenvalue weighted by atomic mass is 9.73. The summed E-state index contributed by atoms with van der Waals surface area (Å²) in [6, 6.07) is 16.9. The first kappa shape index (κ1) is 27.8. The lowest BCUT2D eigenvalue weighted by molar-refractivity contribution is -0.145. The number of hydrogen-bond donors (Lipinski definition) is 2. The maximum atomic E-state index is 13.6. The quantitative estimate of drug-likeness (QED) is 0.491. The molecule has 0 radical (unpaired) electrons. The Balaban J connectivity index is 1.45. The summed E-state index contributed by atoms with van der Waals surface area (Å²) in [7, 11) is 0. The predicted octanol–water partition coefficient (Wildman–Crippen LogP) is 3.04. The van der Waals surface area contributed by atoms with Crippen molar-refractivity contribution in [2.24, 2.45) is 5.73 Å². The molecule has 38 heavy (non-hydrogen) atoms. The highest BCUT2D eigenvalue weighted by Gasteiger charge is 2.48. The Hall–Kier alpha value is -3.23. The molecule has 2 aromatic carbocycles. The Morgan fingerprint density at radius 2 is 1.74 bits per heavy atom. The number of rotatable bonds is 9. The van der Waals surface area contributed by atoms with Gasteiger partial charge in [-0.05, 0) is 56.7 Å². The van der Waals surface area contributed by atoms with E-state index in [0.717, 1.165) is 24.0 Å². The Morgan fingerprint density at radius 3 is 2.39 bits per heavy atom. The summed E-state index contributed by atoms with van der Waals surface area (Å²) in [5.74, 6) is -1.05. The average molecular weight is 522 g/mol. The summed E-state index contributed by atoms with van der Waals surface area (Å²) >= 11 is 0. The number of piperidine rings is 1. The average Bonchev–Trinajstić information content (AvgIpc) is 3.22. The largest absolute Gasteiger partial charge is 0.466 e. The number of nitrogens with zero attached hydrogens (tertiary/aromatic N) is 1. The molecule has 1 spiro atoms. The van der Waals surface area contributed by atoms with E-state index >= 15 is 0 Å². The number of likely N-dealkylation sites (tertiary alicyclic amines) is 1. The van der Waals surface area contributed by atoms with Crippen LogP contribution in [-0.2, 0) is 35.9 Å². The van der Waals surface area contributed by atoms with Crippen LogP contribution in [0.4, 0.5) is 0 Å². The molecule has 1 fully saturated rings. The number of fused-ring (bicyclic) bond motifs is 2. The number of ether oxygens (including phenoxy) is 2. The lowest BCUT2D eigenvalue weighted by Crippen LogP contribution is -2.59. The maximum Gasteiger partial charge on any atom is 0.313 e. The third kappa shape index (κ3) is 6.08. The molecule has 8 heteroatoms. The number of hydrogen-bond acceptors (Lipinski definition) is 6. The SMILES string of the molecule is CCOC(=O)C1CC2(CCN(C(=O)C(COCc3ccccc3)NC(=O)C(C)(C)N)CC2)c2ccccc21. The first-order chi connectivity index (χ1) is 18.1. The standard InChI is InChI=1S/C30H39N3O5/c1-4-38-27(35)23-18-30(24-13-9-8-12-22(23)24)14-16-33(17-15-30)26(34)25(32-28(36)29(2,3)31)20-37-19-21-10-6-5-7-11-21/h5-13,23,25H,4,14-20,31H2,1-3H3,(H,32,36). The molecule has 0 bridgehead atoms. The molecule has 0 saturated carbocycles. The topological polar surface area (TPSA) is 111 Å². The monoisotopic (exact) mass is 521 g/mol. The highest BCUT2D eigenvalue weighted by atomic mass is 16.5. The minimum absolute atomic E-state index is 0.0466. The van der Waals surface area contributed by atoms with E-state index < -0.39 is 17.5 Å².